The van der Waals surface area contributed by atoms with E-state index in [0.717, 1.165) is 5.56 Å². The van der Waals surface area contributed by atoms with Crippen LogP contribution in [-0.2, 0) is 6.42 Å². The topological polar surface area (TPSA) is 63.2 Å². The normalized spacial score (nSPS) is 10.4. The van der Waals surface area contributed by atoms with Crippen molar-refractivity contribution in [3.63, 3.8) is 0 Å². The number of amides is 1. The van der Waals surface area contributed by atoms with Crippen molar-refractivity contribution < 1.29 is 13.9 Å². The smallest absolute Gasteiger partial charge is 0.251 e. The van der Waals surface area contributed by atoms with Crippen LogP contribution in [0, 0.1) is 5.82 Å². The maximum Gasteiger partial charge on any atom is 0.251 e. The van der Waals surface area contributed by atoms with Gasteiger partial charge in [0.05, 0.1) is 12.8 Å². The van der Waals surface area contributed by atoms with Gasteiger partial charge in [0.25, 0.3) is 5.91 Å². The molecule has 1 aromatic heterocycles. The predicted octanol–water partition coefficient (Wildman–Crippen LogP) is 4.60. The van der Waals surface area contributed by atoms with Gasteiger partial charge >= 0.3 is 0 Å². The van der Waals surface area contributed by atoms with E-state index in [1.807, 2.05) is 0 Å². The second-order valence-electron chi connectivity index (χ2n) is 6.03. The van der Waals surface area contributed by atoms with Gasteiger partial charge in [0.15, 0.2) is 0 Å². The van der Waals surface area contributed by atoms with Gasteiger partial charge in [-0.05, 0) is 54.4 Å². The maximum absolute atomic E-state index is 12.9. The molecule has 1 amide bonds. The molecular formula is C21H19ClFN3O2. The molecule has 0 unspecified atom stereocenters. The highest BCUT2D eigenvalue weighted by molar-refractivity contribution is 6.31. The minimum Gasteiger partial charge on any atom is -0.495 e. The van der Waals surface area contributed by atoms with Crippen LogP contribution in [0.2, 0.25) is 5.02 Å². The Morgan fingerprint density at radius 2 is 1.93 bits per heavy atom. The van der Waals surface area contributed by atoms with Crippen molar-refractivity contribution in [2.24, 2.45) is 0 Å². The zero-order valence-corrected chi connectivity index (χ0v) is 16.0. The minimum atomic E-state index is -0.277. The number of nitrogens with one attached hydrogen (secondary N) is 2. The van der Waals surface area contributed by atoms with Gasteiger partial charge in [-0.3, -0.25) is 4.79 Å². The van der Waals surface area contributed by atoms with E-state index in [2.05, 4.69) is 15.6 Å². The SMILES string of the molecule is COc1ccc(Cl)cc1Nc1cc(C(=O)NCCc2ccc(F)cc2)ccn1. The van der Waals surface area contributed by atoms with Crippen molar-refractivity contribution in [1.82, 2.24) is 10.3 Å². The zero-order chi connectivity index (χ0) is 19.9. The minimum absolute atomic E-state index is 0.217. The van der Waals surface area contributed by atoms with Crippen molar-refractivity contribution in [3.8, 4) is 5.75 Å². The molecule has 0 saturated heterocycles. The van der Waals surface area contributed by atoms with Crippen LogP contribution in [-0.4, -0.2) is 24.5 Å². The molecule has 2 aromatic carbocycles. The average molecular weight is 400 g/mol. The number of hydrogen-bond acceptors (Lipinski definition) is 4. The number of anilines is 2. The van der Waals surface area contributed by atoms with Crippen LogP contribution in [0.4, 0.5) is 15.9 Å². The van der Waals surface area contributed by atoms with E-state index in [1.165, 1.54) is 12.1 Å². The van der Waals surface area contributed by atoms with Gasteiger partial charge in [0.2, 0.25) is 0 Å². The van der Waals surface area contributed by atoms with E-state index in [0.29, 0.717) is 40.8 Å². The molecule has 0 fully saturated rings. The summed E-state index contributed by atoms with van der Waals surface area (Å²) in [6.07, 6.45) is 2.16. The quantitative estimate of drug-likeness (QED) is 0.609. The van der Waals surface area contributed by atoms with Crippen LogP contribution >= 0.6 is 11.6 Å². The Kier molecular flexibility index (Phi) is 6.45. The summed E-state index contributed by atoms with van der Waals surface area (Å²) in [7, 11) is 1.56. The standard InChI is InChI=1S/C21H19ClFN3O2/c1-28-19-7-4-16(22)13-18(19)26-20-12-15(9-11-24-20)21(27)25-10-8-14-2-5-17(23)6-3-14/h2-7,9,11-13H,8,10H2,1H3,(H,24,26)(H,25,27). The largest absolute Gasteiger partial charge is 0.495 e. The van der Waals surface area contributed by atoms with E-state index in [9.17, 15) is 9.18 Å². The molecule has 0 aliphatic carbocycles. The molecular weight excluding hydrogens is 381 g/mol. The van der Waals surface area contributed by atoms with Crippen molar-refractivity contribution >= 4 is 29.0 Å². The van der Waals surface area contributed by atoms with Crippen LogP contribution < -0.4 is 15.4 Å². The van der Waals surface area contributed by atoms with E-state index in [-0.39, 0.29) is 11.7 Å². The second-order valence-corrected chi connectivity index (χ2v) is 6.47. The number of hydrogen-bond donors (Lipinski definition) is 2. The molecule has 3 aromatic rings. The van der Waals surface area contributed by atoms with E-state index >= 15 is 0 Å². The van der Waals surface area contributed by atoms with Gasteiger partial charge in [-0.15, -0.1) is 0 Å². The Bertz CT molecular complexity index is 964. The fraction of sp³-hybridized carbons (Fsp3) is 0.143. The Labute approximate surface area is 167 Å². The maximum atomic E-state index is 12.9. The lowest BCUT2D eigenvalue weighted by molar-refractivity contribution is 0.0954. The third-order valence-electron chi connectivity index (χ3n) is 4.06. The summed E-state index contributed by atoms with van der Waals surface area (Å²) >= 11 is 6.04. The van der Waals surface area contributed by atoms with Crippen LogP contribution in [0.3, 0.4) is 0 Å². The molecule has 0 aliphatic rings. The van der Waals surface area contributed by atoms with Crippen molar-refractivity contribution in [2.75, 3.05) is 19.0 Å². The first-order valence-corrected chi connectivity index (χ1v) is 9.02. The molecule has 1 heterocycles. The lowest BCUT2D eigenvalue weighted by Crippen LogP contribution is -2.25. The molecule has 5 nitrogen and oxygen atoms in total. The zero-order valence-electron chi connectivity index (χ0n) is 15.2. The highest BCUT2D eigenvalue weighted by Gasteiger charge is 2.09. The highest BCUT2D eigenvalue weighted by Crippen LogP contribution is 2.30. The molecule has 2 N–H and O–H groups in total. The van der Waals surface area contributed by atoms with Gasteiger partial charge in [-0.2, -0.15) is 0 Å². The second kappa shape index (κ2) is 9.19. The Balaban J connectivity index is 1.63. The van der Waals surface area contributed by atoms with Crippen molar-refractivity contribution in [2.45, 2.75) is 6.42 Å². The Morgan fingerprint density at radius 3 is 2.68 bits per heavy atom. The van der Waals surface area contributed by atoms with Crippen LogP contribution in [0.15, 0.2) is 60.8 Å². The third-order valence-corrected chi connectivity index (χ3v) is 4.29. The van der Waals surface area contributed by atoms with Gasteiger partial charge < -0.3 is 15.4 Å². The number of aromatic nitrogens is 1. The number of pyridine rings is 1. The first-order valence-electron chi connectivity index (χ1n) is 8.64. The van der Waals surface area contributed by atoms with Crippen molar-refractivity contribution in [1.29, 1.82) is 0 Å². The fourth-order valence-corrected chi connectivity index (χ4v) is 2.80. The third kappa shape index (κ3) is 5.20. The first-order chi connectivity index (χ1) is 13.5. The van der Waals surface area contributed by atoms with Crippen molar-refractivity contribution in [3.05, 3.63) is 82.8 Å². The average Bonchev–Trinajstić information content (AvgIpc) is 2.70. The molecule has 144 valence electrons. The number of benzene rings is 2. The van der Waals surface area contributed by atoms with Crippen LogP contribution in [0.5, 0.6) is 5.75 Å². The van der Waals surface area contributed by atoms with Gasteiger partial charge in [-0.1, -0.05) is 23.7 Å². The summed E-state index contributed by atoms with van der Waals surface area (Å²) in [6, 6.07) is 14.7. The molecule has 3 rings (SSSR count). The molecule has 0 aliphatic heterocycles. The summed E-state index contributed by atoms with van der Waals surface area (Å²) in [6.45, 7) is 0.442. The molecule has 28 heavy (non-hydrogen) atoms. The summed E-state index contributed by atoms with van der Waals surface area (Å²) < 4.78 is 18.2. The molecule has 0 spiro atoms. The van der Waals surface area contributed by atoms with E-state index in [4.69, 9.17) is 16.3 Å². The lowest BCUT2D eigenvalue weighted by atomic mass is 10.1. The molecule has 0 atom stereocenters. The molecule has 7 heteroatoms. The van der Waals surface area contributed by atoms with E-state index < -0.39 is 0 Å². The highest BCUT2D eigenvalue weighted by atomic mass is 35.5. The van der Waals surface area contributed by atoms with Gasteiger partial charge in [0, 0.05) is 23.3 Å². The summed E-state index contributed by atoms with van der Waals surface area (Å²) in [4.78, 5) is 16.6. The summed E-state index contributed by atoms with van der Waals surface area (Å²) in [5.74, 6) is 0.610. The Morgan fingerprint density at radius 1 is 1.14 bits per heavy atom. The monoisotopic (exact) mass is 399 g/mol. The number of nitrogens with zero attached hydrogens (tertiary/aromatic N) is 1. The molecule has 0 bridgehead atoms. The van der Waals surface area contributed by atoms with E-state index in [1.54, 1.807) is 55.8 Å². The Hall–Kier alpha value is -3.12. The summed E-state index contributed by atoms with van der Waals surface area (Å²) in [5.41, 5.74) is 2.07. The van der Waals surface area contributed by atoms with Crippen LogP contribution in [0.25, 0.3) is 0 Å². The van der Waals surface area contributed by atoms with Gasteiger partial charge in [0.1, 0.15) is 17.4 Å². The van der Waals surface area contributed by atoms with Gasteiger partial charge in [-0.25, -0.2) is 9.37 Å². The number of carbonyl (C=O) groups excluding carboxylic acids is 1. The number of ether oxygens (including phenoxy) is 1. The lowest BCUT2D eigenvalue weighted by Gasteiger charge is -2.12. The number of rotatable bonds is 7. The number of carbonyl (C=O) groups is 1. The molecule has 0 radical (unpaired) electrons. The first kappa shape index (κ1) is 19.6. The predicted molar refractivity (Wildman–Crippen MR) is 108 cm³/mol. The van der Waals surface area contributed by atoms with Crippen LogP contribution in [0.1, 0.15) is 15.9 Å². The number of halogens is 2. The molecule has 0 saturated carbocycles. The summed E-state index contributed by atoms with van der Waals surface area (Å²) in [5, 5.41) is 6.52. The fourth-order valence-electron chi connectivity index (χ4n) is 2.63. The number of methoxy groups -OCH3 is 1.